The highest BCUT2D eigenvalue weighted by Crippen LogP contribution is 2.37. The molecule has 0 spiro atoms. The van der Waals surface area contributed by atoms with Crippen molar-refractivity contribution in [3.05, 3.63) is 15.6 Å². The van der Waals surface area contributed by atoms with Crippen LogP contribution >= 0.6 is 11.3 Å². The second-order valence-corrected chi connectivity index (χ2v) is 5.14. The lowest BCUT2D eigenvalue weighted by atomic mass is 9.86. The third-order valence-corrected chi connectivity index (χ3v) is 3.97. The van der Waals surface area contributed by atoms with Crippen LogP contribution in [0.5, 0.6) is 0 Å². The van der Waals surface area contributed by atoms with E-state index in [2.05, 4.69) is 18.8 Å². The summed E-state index contributed by atoms with van der Waals surface area (Å²) in [7, 11) is 0. The van der Waals surface area contributed by atoms with Gasteiger partial charge in [-0.05, 0) is 24.7 Å². The Balaban J connectivity index is 2.35. The second-order valence-electron chi connectivity index (χ2n) is 4.02. The molecule has 3 heteroatoms. The van der Waals surface area contributed by atoms with Crippen molar-refractivity contribution in [1.82, 2.24) is 4.98 Å². The number of thiazole rings is 1. The summed E-state index contributed by atoms with van der Waals surface area (Å²) in [6.07, 6.45) is 2.36. The van der Waals surface area contributed by atoms with Gasteiger partial charge in [0.05, 0.1) is 12.3 Å². The molecule has 1 aliphatic carbocycles. The summed E-state index contributed by atoms with van der Waals surface area (Å²) >= 11 is 1.68. The van der Waals surface area contributed by atoms with Gasteiger partial charge in [0, 0.05) is 4.88 Å². The molecule has 0 bridgehead atoms. The molecule has 13 heavy (non-hydrogen) atoms. The summed E-state index contributed by atoms with van der Waals surface area (Å²) in [6.45, 7) is 4.63. The fourth-order valence-corrected chi connectivity index (χ4v) is 3.16. The topological polar surface area (TPSA) is 33.1 Å². The van der Waals surface area contributed by atoms with E-state index >= 15 is 0 Å². The lowest BCUT2D eigenvalue weighted by Gasteiger charge is -2.22. The van der Waals surface area contributed by atoms with Crippen molar-refractivity contribution in [2.45, 2.75) is 39.2 Å². The smallest absolute Gasteiger partial charge is 0.119 e. The van der Waals surface area contributed by atoms with Crippen LogP contribution in [0.3, 0.4) is 0 Å². The van der Waals surface area contributed by atoms with Gasteiger partial charge >= 0.3 is 0 Å². The van der Waals surface area contributed by atoms with Gasteiger partial charge in [0.15, 0.2) is 0 Å². The van der Waals surface area contributed by atoms with E-state index in [1.165, 1.54) is 17.0 Å². The molecule has 1 heterocycles. The third-order valence-electron chi connectivity index (χ3n) is 2.65. The lowest BCUT2D eigenvalue weighted by molar-refractivity contribution is 0.281. The number of rotatable bonds is 1. The van der Waals surface area contributed by atoms with Crippen molar-refractivity contribution >= 4 is 11.3 Å². The summed E-state index contributed by atoms with van der Waals surface area (Å²) in [6, 6.07) is 0. The van der Waals surface area contributed by atoms with E-state index in [0.29, 0.717) is 5.92 Å². The normalized spacial score (nSPS) is 27.3. The second kappa shape index (κ2) is 3.39. The molecule has 1 aromatic rings. The number of fused-ring (bicyclic) bond motifs is 1. The summed E-state index contributed by atoms with van der Waals surface area (Å²) in [4.78, 5) is 5.84. The van der Waals surface area contributed by atoms with Crippen LogP contribution in [0.15, 0.2) is 0 Å². The Morgan fingerprint density at radius 1 is 1.54 bits per heavy atom. The number of aromatic nitrogens is 1. The largest absolute Gasteiger partial charge is 0.389 e. The number of aliphatic hydroxyl groups is 1. The molecule has 2 nitrogen and oxygen atoms in total. The first-order valence-electron chi connectivity index (χ1n) is 4.80. The van der Waals surface area contributed by atoms with Crippen molar-refractivity contribution in [2.75, 3.05) is 0 Å². The van der Waals surface area contributed by atoms with E-state index in [-0.39, 0.29) is 6.61 Å². The molecule has 1 aliphatic rings. The van der Waals surface area contributed by atoms with E-state index in [9.17, 15) is 0 Å². The number of hydrogen-bond donors (Lipinski definition) is 1. The van der Waals surface area contributed by atoms with Gasteiger partial charge in [-0.1, -0.05) is 13.8 Å². The molecular formula is C10H15NOS. The average Bonchev–Trinajstić information content (AvgIpc) is 2.47. The summed E-state index contributed by atoms with van der Waals surface area (Å²) in [5.74, 6) is 1.38. The zero-order valence-corrected chi connectivity index (χ0v) is 8.90. The molecule has 2 rings (SSSR count). The molecule has 72 valence electrons. The molecule has 2 atom stereocenters. The highest BCUT2D eigenvalue weighted by Gasteiger charge is 2.24. The van der Waals surface area contributed by atoms with Crippen LogP contribution in [0, 0.1) is 5.92 Å². The Morgan fingerprint density at radius 3 is 3.00 bits per heavy atom. The summed E-state index contributed by atoms with van der Waals surface area (Å²) < 4.78 is 0. The van der Waals surface area contributed by atoms with Crippen LogP contribution in [0.2, 0.25) is 0 Å². The Morgan fingerprint density at radius 2 is 2.31 bits per heavy atom. The molecular weight excluding hydrogens is 182 g/mol. The molecule has 0 saturated carbocycles. The van der Waals surface area contributed by atoms with Crippen molar-refractivity contribution < 1.29 is 5.11 Å². The first kappa shape index (κ1) is 9.16. The van der Waals surface area contributed by atoms with Gasteiger partial charge in [-0.25, -0.2) is 4.98 Å². The maximum absolute atomic E-state index is 8.99. The Hall–Kier alpha value is -0.410. The predicted molar refractivity (Wildman–Crippen MR) is 53.9 cm³/mol. The van der Waals surface area contributed by atoms with Crippen molar-refractivity contribution in [2.24, 2.45) is 5.92 Å². The van der Waals surface area contributed by atoms with Gasteiger partial charge in [-0.15, -0.1) is 11.3 Å². The molecule has 2 unspecified atom stereocenters. The first-order chi connectivity index (χ1) is 6.20. The van der Waals surface area contributed by atoms with E-state index in [1.807, 2.05) is 0 Å². The minimum absolute atomic E-state index is 0.0960. The Kier molecular flexibility index (Phi) is 2.39. The van der Waals surface area contributed by atoms with Gasteiger partial charge in [-0.3, -0.25) is 0 Å². The number of nitrogens with zero attached hydrogens (tertiary/aromatic N) is 1. The van der Waals surface area contributed by atoms with Gasteiger partial charge < -0.3 is 5.11 Å². The minimum atomic E-state index is 0.0960. The quantitative estimate of drug-likeness (QED) is 0.749. The third kappa shape index (κ3) is 1.63. The van der Waals surface area contributed by atoms with Crippen LogP contribution < -0.4 is 0 Å². The van der Waals surface area contributed by atoms with Gasteiger partial charge in [-0.2, -0.15) is 0 Å². The number of aliphatic hydroxyl groups excluding tert-OH is 1. The Labute approximate surface area is 82.6 Å². The van der Waals surface area contributed by atoms with Crippen LogP contribution in [0.1, 0.15) is 41.8 Å². The lowest BCUT2D eigenvalue weighted by Crippen LogP contribution is -2.13. The molecule has 0 radical (unpaired) electrons. The highest BCUT2D eigenvalue weighted by atomic mass is 32.1. The fraction of sp³-hybridized carbons (Fsp3) is 0.700. The minimum Gasteiger partial charge on any atom is -0.389 e. The van der Waals surface area contributed by atoms with E-state index in [1.54, 1.807) is 11.3 Å². The van der Waals surface area contributed by atoms with Crippen LogP contribution in [-0.4, -0.2) is 10.1 Å². The highest BCUT2D eigenvalue weighted by molar-refractivity contribution is 7.11. The molecule has 0 fully saturated rings. The van der Waals surface area contributed by atoms with Crippen LogP contribution in [0.4, 0.5) is 0 Å². The van der Waals surface area contributed by atoms with Crippen LogP contribution in [0.25, 0.3) is 0 Å². The van der Waals surface area contributed by atoms with E-state index in [0.717, 1.165) is 17.3 Å². The molecule has 0 saturated heterocycles. The summed E-state index contributed by atoms with van der Waals surface area (Å²) in [5, 5.41) is 9.87. The van der Waals surface area contributed by atoms with E-state index < -0.39 is 0 Å². The maximum Gasteiger partial charge on any atom is 0.119 e. The molecule has 0 aliphatic heterocycles. The van der Waals surface area contributed by atoms with Gasteiger partial charge in [0.2, 0.25) is 0 Å². The fourth-order valence-electron chi connectivity index (χ4n) is 2.14. The number of hydrogen-bond acceptors (Lipinski definition) is 3. The zero-order chi connectivity index (χ0) is 9.42. The van der Waals surface area contributed by atoms with Crippen LogP contribution in [-0.2, 0) is 13.0 Å². The molecule has 1 aromatic heterocycles. The monoisotopic (exact) mass is 197 g/mol. The standard InChI is InChI=1S/C10H15NOS/c1-6-3-7(2)10-8(4-6)11-9(5-12)13-10/h6-7,12H,3-5H2,1-2H3. The maximum atomic E-state index is 8.99. The van der Waals surface area contributed by atoms with E-state index in [4.69, 9.17) is 5.11 Å². The van der Waals surface area contributed by atoms with Crippen molar-refractivity contribution in [3.63, 3.8) is 0 Å². The van der Waals surface area contributed by atoms with Gasteiger partial charge in [0.25, 0.3) is 0 Å². The SMILES string of the molecule is CC1Cc2nc(CO)sc2C(C)C1. The van der Waals surface area contributed by atoms with Crippen molar-refractivity contribution in [3.8, 4) is 0 Å². The summed E-state index contributed by atoms with van der Waals surface area (Å²) in [5.41, 5.74) is 1.24. The van der Waals surface area contributed by atoms with Gasteiger partial charge in [0.1, 0.15) is 5.01 Å². The molecule has 0 aromatic carbocycles. The first-order valence-corrected chi connectivity index (χ1v) is 5.61. The Bertz CT molecular complexity index is 308. The van der Waals surface area contributed by atoms with Crippen molar-refractivity contribution in [1.29, 1.82) is 0 Å². The zero-order valence-electron chi connectivity index (χ0n) is 8.08. The molecule has 0 amide bonds. The average molecular weight is 197 g/mol. The predicted octanol–water partition coefficient (Wildman–Crippen LogP) is 2.32. The molecule has 1 N–H and O–H groups in total.